The van der Waals surface area contributed by atoms with Crippen molar-refractivity contribution < 1.29 is 23.1 Å². The van der Waals surface area contributed by atoms with E-state index in [-0.39, 0.29) is 17.8 Å². The summed E-state index contributed by atoms with van der Waals surface area (Å²) in [5.41, 5.74) is 0. The Kier molecular flexibility index (Phi) is 23.6. The smallest absolute Gasteiger partial charge is 0.305 e. The topological polar surface area (TPSA) is 92.7 Å². The molecular formula is C27H55NO5S. The zero-order chi connectivity index (χ0) is 25.3. The minimum absolute atomic E-state index is 0.112. The van der Waals surface area contributed by atoms with E-state index in [1.54, 1.807) is 0 Å². The lowest BCUT2D eigenvalue weighted by Gasteiger charge is -2.10. The van der Waals surface area contributed by atoms with Gasteiger partial charge in [0.25, 0.3) is 0 Å². The quantitative estimate of drug-likeness (QED) is 0.101. The molecular weight excluding hydrogens is 450 g/mol. The standard InChI is InChI=1S/C27H55NO5S/c1-3-5-7-8-9-10-13-18-24-33-27(30)22-15-11-12-17-23-28-34(31,32)25-19-16-21-26(29)20-14-6-4-2/h26,28-29H,3-25H2,1-2H3. The molecule has 0 aromatic rings. The summed E-state index contributed by atoms with van der Waals surface area (Å²) in [4.78, 5) is 11.8. The van der Waals surface area contributed by atoms with Gasteiger partial charge < -0.3 is 9.84 Å². The number of hydrogen-bond acceptors (Lipinski definition) is 5. The first-order chi connectivity index (χ1) is 16.4. The van der Waals surface area contributed by atoms with Crippen molar-refractivity contribution >= 4 is 16.0 Å². The first kappa shape index (κ1) is 33.3. The number of nitrogens with one attached hydrogen (secondary N) is 1. The monoisotopic (exact) mass is 505 g/mol. The Bertz CT molecular complexity index is 553. The van der Waals surface area contributed by atoms with E-state index in [0.717, 1.165) is 70.6 Å². The summed E-state index contributed by atoms with van der Waals surface area (Å²) in [7, 11) is -3.24. The Labute approximate surface area is 211 Å². The van der Waals surface area contributed by atoms with Gasteiger partial charge in [-0.05, 0) is 44.9 Å². The Morgan fingerprint density at radius 3 is 1.94 bits per heavy atom. The van der Waals surface area contributed by atoms with Gasteiger partial charge >= 0.3 is 5.97 Å². The highest BCUT2D eigenvalue weighted by atomic mass is 32.2. The van der Waals surface area contributed by atoms with Crippen LogP contribution in [0.15, 0.2) is 0 Å². The second-order valence-electron chi connectivity index (χ2n) is 9.72. The van der Waals surface area contributed by atoms with Crippen LogP contribution in [0.4, 0.5) is 0 Å². The van der Waals surface area contributed by atoms with Crippen LogP contribution in [0.3, 0.4) is 0 Å². The summed E-state index contributed by atoms with van der Waals surface area (Å²) >= 11 is 0. The summed E-state index contributed by atoms with van der Waals surface area (Å²) in [5.74, 6) is 0.0125. The molecule has 2 N–H and O–H groups in total. The number of carbonyl (C=O) groups excluding carboxylic acids is 1. The molecule has 0 amide bonds. The predicted octanol–water partition coefficient (Wildman–Crippen LogP) is 6.65. The number of sulfonamides is 1. The number of aliphatic hydroxyl groups is 1. The first-order valence-electron chi connectivity index (χ1n) is 14.2. The summed E-state index contributed by atoms with van der Waals surface area (Å²) < 4.78 is 32.1. The Balaban J connectivity index is 3.49. The van der Waals surface area contributed by atoms with Gasteiger partial charge in [0.1, 0.15) is 0 Å². The minimum Gasteiger partial charge on any atom is -0.466 e. The molecule has 0 fully saturated rings. The molecule has 1 unspecified atom stereocenters. The van der Waals surface area contributed by atoms with Gasteiger partial charge in [0.05, 0.1) is 18.5 Å². The van der Waals surface area contributed by atoms with Crippen molar-refractivity contribution in [3.63, 3.8) is 0 Å². The number of rotatable bonds is 26. The van der Waals surface area contributed by atoms with Crippen LogP contribution in [0.5, 0.6) is 0 Å². The van der Waals surface area contributed by atoms with Crippen LogP contribution in [-0.2, 0) is 19.6 Å². The lowest BCUT2D eigenvalue weighted by molar-refractivity contribution is -0.143. The van der Waals surface area contributed by atoms with E-state index in [4.69, 9.17) is 4.74 Å². The third kappa shape index (κ3) is 24.5. The molecule has 0 aliphatic rings. The molecule has 34 heavy (non-hydrogen) atoms. The van der Waals surface area contributed by atoms with Crippen molar-refractivity contribution in [2.75, 3.05) is 18.9 Å². The van der Waals surface area contributed by atoms with Crippen molar-refractivity contribution in [2.45, 2.75) is 148 Å². The maximum absolute atomic E-state index is 12.1. The lowest BCUT2D eigenvalue weighted by Crippen LogP contribution is -2.27. The van der Waals surface area contributed by atoms with Crippen LogP contribution in [0, 0.1) is 0 Å². The zero-order valence-corrected chi connectivity index (χ0v) is 23.1. The van der Waals surface area contributed by atoms with Crippen molar-refractivity contribution in [3.05, 3.63) is 0 Å². The van der Waals surface area contributed by atoms with Crippen molar-refractivity contribution in [1.29, 1.82) is 0 Å². The molecule has 0 bridgehead atoms. The highest BCUT2D eigenvalue weighted by Gasteiger charge is 2.10. The van der Waals surface area contributed by atoms with Gasteiger partial charge in [0.15, 0.2) is 0 Å². The number of ether oxygens (including phenoxy) is 1. The van der Waals surface area contributed by atoms with E-state index in [9.17, 15) is 18.3 Å². The van der Waals surface area contributed by atoms with Gasteiger partial charge in [-0.3, -0.25) is 4.79 Å². The molecule has 0 aliphatic carbocycles. The SMILES string of the molecule is CCCCCCCCCCOC(=O)CCCCCCNS(=O)(=O)CCCCC(O)CCCCC. The van der Waals surface area contributed by atoms with Crippen LogP contribution in [-0.4, -0.2) is 44.5 Å². The summed E-state index contributed by atoms with van der Waals surface area (Å²) in [6.07, 6.45) is 19.5. The maximum Gasteiger partial charge on any atom is 0.305 e. The van der Waals surface area contributed by atoms with Crippen molar-refractivity contribution in [3.8, 4) is 0 Å². The number of aliphatic hydroxyl groups excluding tert-OH is 1. The average Bonchev–Trinajstić information content (AvgIpc) is 2.80. The highest BCUT2D eigenvalue weighted by Crippen LogP contribution is 2.11. The third-order valence-electron chi connectivity index (χ3n) is 6.23. The molecule has 0 rings (SSSR count). The molecule has 0 heterocycles. The van der Waals surface area contributed by atoms with Crippen molar-refractivity contribution in [1.82, 2.24) is 4.72 Å². The Morgan fingerprint density at radius 2 is 1.26 bits per heavy atom. The number of hydrogen-bond donors (Lipinski definition) is 2. The summed E-state index contributed by atoms with van der Waals surface area (Å²) in [6.45, 7) is 5.35. The summed E-state index contributed by atoms with van der Waals surface area (Å²) in [5, 5.41) is 9.89. The molecule has 1 atom stereocenters. The molecule has 7 heteroatoms. The van der Waals surface area contributed by atoms with E-state index >= 15 is 0 Å². The van der Waals surface area contributed by atoms with Crippen molar-refractivity contribution in [2.24, 2.45) is 0 Å². The third-order valence-corrected chi connectivity index (χ3v) is 7.70. The molecule has 0 spiro atoms. The zero-order valence-electron chi connectivity index (χ0n) is 22.3. The number of carbonyl (C=O) groups is 1. The highest BCUT2D eigenvalue weighted by molar-refractivity contribution is 7.89. The molecule has 0 aliphatic heterocycles. The van der Waals surface area contributed by atoms with Crippen LogP contribution in [0.1, 0.15) is 142 Å². The summed E-state index contributed by atoms with van der Waals surface area (Å²) in [6, 6.07) is 0. The van der Waals surface area contributed by atoms with E-state index in [2.05, 4.69) is 18.6 Å². The molecule has 0 saturated carbocycles. The predicted molar refractivity (Wildman–Crippen MR) is 142 cm³/mol. The van der Waals surface area contributed by atoms with E-state index in [1.165, 1.54) is 38.5 Å². The first-order valence-corrected chi connectivity index (χ1v) is 15.9. The van der Waals surface area contributed by atoms with Gasteiger partial charge in [-0.1, -0.05) is 90.9 Å². The van der Waals surface area contributed by atoms with Crippen LogP contribution >= 0.6 is 0 Å². The fourth-order valence-corrected chi connectivity index (χ4v) is 5.17. The largest absolute Gasteiger partial charge is 0.466 e. The van der Waals surface area contributed by atoms with Crippen LogP contribution < -0.4 is 4.72 Å². The minimum atomic E-state index is -3.24. The Morgan fingerprint density at radius 1 is 0.735 bits per heavy atom. The molecule has 0 radical (unpaired) electrons. The van der Waals surface area contributed by atoms with Gasteiger partial charge in [-0.2, -0.15) is 0 Å². The molecule has 204 valence electrons. The van der Waals surface area contributed by atoms with Gasteiger partial charge in [0.2, 0.25) is 10.0 Å². The second kappa shape index (κ2) is 24.1. The number of esters is 1. The lowest BCUT2D eigenvalue weighted by atomic mass is 10.1. The average molecular weight is 506 g/mol. The van der Waals surface area contributed by atoms with E-state index < -0.39 is 10.0 Å². The fourth-order valence-electron chi connectivity index (χ4n) is 3.99. The molecule has 0 aromatic carbocycles. The second-order valence-corrected chi connectivity index (χ2v) is 11.6. The molecule has 0 saturated heterocycles. The molecule has 6 nitrogen and oxygen atoms in total. The Hall–Kier alpha value is -0.660. The van der Waals surface area contributed by atoms with Crippen LogP contribution in [0.25, 0.3) is 0 Å². The number of unbranched alkanes of at least 4 members (excludes halogenated alkanes) is 13. The van der Waals surface area contributed by atoms with E-state index in [0.29, 0.717) is 32.4 Å². The van der Waals surface area contributed by atoms with E-state index in [1.807, 2.05) is 0 Å². The van der Waals surface area contributed by atoms with Gasteiger partial charge in [0, 0.05) is 13.0 Å². The molecule has 0 aromatic heterocycles. The normalized spacial score (nSPS) is 12.7. The van der Waals surface area contributed by atoms with Crippen LogP contribution in [0.2, 0.25) is 0 Å². The maximum atomic E-state index is 12.1. The fraction of sp³-hybridized carbons (Fsp3) is 0.963. The van der Waals surface area contributed by atoms with Gasteiger partial charge in [-0.15, -0.1) is 0 Å². The van der Waals surface area contributed by atoms with Gasteiger partial charge in [-0.25, -0.2) is 13.1 Å².